The summed E-state index contributed by atoms with van der Waals surface area (Å²) in [7, 11) is -3.91. The van der Waals surface area contributed by atoms with Crippen molar-refractivity contribution in [2.24, 2.45) is 0 Å². The first kappa shape index (κ1) is 16.4. The van der Waals surface area contributed by atoms with Crippen LogP contribution in [0.2, 0.25) is 5.02 Å². The number of nitrogens with one attached hydrogen (secondary N) is 2. The van der Waals surface area contributed by atoms with Gasteiger partial charge in [0.2, 0.25) is 11.0 Å². The molecule has 0 saturated heterocycles. The predicted molar refractivity (Wildman–Crippen MR) is 89.2 cm³/mol. The molecule has 112 valence electrons. The number of halogens is 2. The summed E-state index contributed by atoms with van der Waals surface area (Å²) in [5.41, 5.74) is 0.244. The van der Waals surface area contributed by atoms with E-state index in [4.69, 9.17) is 11.6 Å². The second-order valence-corrected chi connectivity index (χ2v) is 8.27. The van der Waals surface area contributed by atoms with Gasteiger partial charge in [-0.25, -0.2) is 0 Å². The van der Waals surface area contributed by atoms with Crippen molar-refractivity contribution in [2.45, 2.75) is 11.3 Å². The molecule has 1 amide bonds. The number of hydrogen-bond acceptors (Lipinski definition) is 6. The average Bonchev–Trinajstić information content (AvgIpc) is 2.81. The molecular formula is C10H8ClIN4O3S2. The van der Waals surface area contributed by atoms with Gasteiger partial charge in [0.1, 0.15) is 0 Å². The van der Waals surface area contributed by atoms with Crippen molar-refractivity contribution in [3.8, 4) is 0 Å². The van der Waals surface area contributed by atoms with E-state index < -0.39 is 10.0 Å². The van der Waals surface area contributed by atoms with Crippen molar-refractivity contribution in [3.05, 3.63) is 26.8 Å². The van der Waals surface area contributed by atoms with E-state index in [1.807, 2.05) is 0 Å². The standard InChI is InChI=1S/C10H8ClIN4O3S2/c1-5(17)13-9-14-15-10(20-9)21(18,19)16-8-3-2-6(12)4-7(8)11/h2-4,16H,1H3,(H,13,14,17). The zero-order chi connectivity index (χ0) is 15.6. The van der Waals surface area contributed by atoms with Crippen LogP contribution in [0.25, 0.3) is 0 Å². The van der Waals surface area contributed by atoms with Crippen LogP contribution in [0.5, 0.6) is 0 Å². The number of carbonyl (C=O) groups excluding carboxylic acids is 1. The summed E-state index contributed by atoms with van der Waals surface area (Å²) in [5, 5.41) is 9.88. The summed E-state index contributed by atoms with van der Waals surface area (Å²) in [4.78, 5) is 10.9. The number of rotatable bonds is 4. The SMILES string of the molecule is CC(=O)Nc1nnc(S(=O)(=O)Nc2ccc(I)cc2Cl)s1. The molecule has 0 saturated carbocycles. The quantitative estimate of drug-likeness (QED) is 0.542. The Labute approximate surface area is 143 Å². The van der Waals surface area contributed by atoms with E-state index in [9.17, 15) is 13.2 Å². The van der Waals surface area contributed by atoms with Gasteiger partial charge in [0.05, 0.1) is 10.7 Å². The third-order valence-electron chi connectivity index (χ3n) is 2.09. The van der Waals surface area contributed by atoms with E-state index in [2.05, 4.69) is 42.8 Å². The number of amides is 1. The Morgan fingerprint density at radius 3 is 2.71 bits per heavy atom. The summed E-state index contributed by atoms with van der Waals surface area (Å²) in [6, 6.07) is 4.90. The summed E-state index contributed by atoms with van der Waals surface area (Å²) >= 11 is 8.79. The first-order valence-electron chi connectivity index (χ1n) is 5.37. The van der Waals surface area contributed by atoms with E-state index in [0.717, 1.165) is 14.9 Å². The van der Waals surface area contributed by atoms with Crippen LogP contribution >= 0.6 is 45.5 Å². The maximum absolute atomic E-state index is 12.2. The maximum Gasteiger partial charge on any atom is 0.291 e. The lowest BCUT2D eigenvalue weighted by molar-refractivity contribution is -0.114. The number of carbonyl (C=O) groups is 1. The number of nitrogens with zero attached hydrogens (tertiary/aromatic N) is 2. The highest BCUT2D eigenvalue weighted by Crippen LogP contribution is 2.28. The highest BCUT2D eigenvalue weighted by Gasteiger charge is 2.21. The molecule has 2 aromatic rings. The van der Waals surface area contributed by atoms with Crippen molar-refractivity contribution < 1.29 is 13.2 Å². The fourth-order valence-electron chi connectivity index (χ4n) is 1.28. The fourth-order valence-corrected chi connectivity index (χ4v) is 4.27. The van der Waals surface area contributed by atoms with Crippen molar-refractivity contribution in [3.63, 3.8) is 0 Å². The molecule has 21 heavy (non-hydrogen) atoms. The minimum Gasteiger partial charge on any atom is -0.301 e. The Bertz CT molecular complexity index is 793. The largest absolute Gasteiger partial charge is 0.301 e. The molecule has 0 spiro atoms. The Balaban J connectivity index is 2.25. The Morgan fingerprint density at radius 1 is 1.38 bits per heavy atom. The van der Waals surface area contributed by atoms with Gasteiger partial charge in [-0.3, -0.25) is 9.52 Å². The monoisotopic (exact) mass is 458 g/mol. The topological polar surface area (TPSA) is 101 Å². The molecule has 0 aliphatic carbocycles. The van der Waals surface area contributed by atoms with Gasteiger partial charge in [-0.1, -0.05) is 22.9 Å². The molecule has 11 heteroatoms. The van der Waals surface area contributed by atoms with Crippen molar-refractivity contribution in [1.29, 1.82) is 0 Å². The first-order chi connectivity index (χ1) is 9.78. The Kier molecular flexibility index (Phi) is 5.01. The summed E-state index contributed by atoms with van der Waals surface area (Å²) < 4.78 is 27.3. The van der Waals surface area contributed by atoms with Gasteiger partial charge in [-0.05, 0) is 40.8 Å². The van der Waals surface area contributed by atoms with E-state index in [1.54, 1.807) is 18.2 Å². The second kappa shape index (κ2) is 6.42. The molecule has 1 aromatic carbocycles. The lowest BCUT2D eigenvalue weighted by Crippen LogP contribution is -2.13. The van der Waals surface area contributed by atoms with Crippen LogP contribution in [0.3, 0.4) is 0 Å². The van der Waals surface area contributed by atoms with Crippen molar-refractivity contribution >= 4 is 72.3 Å². The number of benzene rings is 1. The molecular weight excluding hydrogens is 451 g/mol. The molecule has 0 atom stereocenters. The zero-order valence-electron chi connectivity index (χ0n) is 10.4. The van der Waals surface area contributed by atoms with Gasteiger partial charge in [0, 0.05) is 10.5 Å². The first-order valence-corrected chi connectivity index (χ1v) is 9.12. The average molecular weight is 459 g/mol. The maximum atomic E-state index is 12.2. The van der Waals surface area contributed by atoms with E-state index in [1.165, 1.54) is 6.92 Å². The van der Waals surface area contributed by atoms with Gasteiger partial charge in [0.25, 0.3) is 14.4 Å². The lowest BCUT2D eigenvalue weighted by Gasteiger charge is -2.07. The van der Waals surface area contributed by atoms with Crippen molar-refractivity contribution in [1.82, 2.24) is 10.2 Å². The third kappa shape index (κ3) is 4.25. The molecule has 0 bridgehead atoms. The Hall–Kier alpha value is -0.980. The van der Waals surface area contributed by atoms with Gasteiger partial charge in [-0.15, -0.1) is 10.2 Å². The number of anilines is 2. The van der Waals surface area contributed by atoms with Crippen LogP contribution in [-0.4, -0.2) is 24.5 Å². The normalized spacial score (nSPS) is 11.2. The van der Waals surface area contributed by atoms with Crippen LogP contribution in [0, 0.1) is 3.57 Å². The van der Waals surface area contributed by atoms with Gasteiger partial charge in [-0.2, -0.15) is 8.42 Å². The predicted octanol–water partition coefficient (Wildman–Crippen LogP) is 2.56. The van der Waals surface area contributed by atoms with Gasteiger partial charge >= 0.3 is 0 Å². The smallest absolute Gasteiger partial charge is 0.291 e. The van der Waals surface area contributed by atoms with Crippen LogP contribution in [-0.2, 0) is 14.8 Å². The molecule has 0 aliphatic heterocycles. The summed E-state index contributed by atoms with van der Waals surface area (Å²) in [6.07, 6.45) is 0. The van der Waals surface area contributed by atoms with Crippen molar-refractivity contribution in [2.75, 3.05) is 10.0 Å². The van der Waals surface area contributed by atoms with E-state index in [0.29, 0.717) is 0 Å². The number of hydrogen-bond donors (Lipinski definition) is 2. The molecule has 1 heterocycles. The minimum atomic E-state index is -3.91. The van der Waals surface area contributed by atoms with E-state index in [-0.39, 0.29) is 26.1 Å². The molecule has 2 rings (SSSR count). The molecule has 2 N–H and O–H groups in total. The minimum absolute atomic E-state index is 0.108. The van der Waals surface area contributed by atoms with Crippen LogP contribution in [0.15, 0.2) is 22.5 Å². The number of sulfonamides is 1. The lowest BCUT2D eigenvalue weighted by atomic mass is 10.3. The third-order valence-corrected chi connectivity index (χ3v) is 5.65. The highest BCUT2D eigenvalue weighted by molar-refractivity contribution is 14.1. The van der Waals surface area contributed by atoms with E-state index >= 15 is 0 Å². The number of aromatic nitrogens is 2. The summed E-state index contributed by atoms with van der Waals surface area (Å²) in [6.45, 7) is 1.29. The fraction of sp³-hybridized carbons (Fsp3) is 0.100. The van der Waals surface area contributed by atoms with Crippen LogP contribution in [0.4, 0.5) is 10.8 Å². The summed E-state index contributed by atoms with van der Waals surface area (Å²) in [5.74, 6) is -0.358. The Morgan fingerprint density at radius 2 is 2.10 bits per heavy atom. The van der Waals surface area contributed by atoms with Gasteiger partial charge in [0.15, 0.2) is 0 Å². The molecule has 0 fully saturated rings. The zero-order valence-corrected chi connectivity index (χ0v) is 15.0. The molecule has 1 aromatic heterocycles. The second-order valence-electron chi connectivity index (χ2n) is 3.78. The molecule has 0 unspecified atom stereocenters. The highest BCUT2D eigenvalue weighted by atomic mass is 127. The molecule has 0 aliphatic rings. The van der Waals surface area contributed by atoms with Crippen LogP contribution in [0.1, 0.15) is 6.92 Å². The van der Waals surface area contributed by atoms with Gasteiger partial charge < -0.3 is 5.32 Å². The van der Waals surface area contributed by atoms with Crippen LogP contribution < -0.4 is 10.0 Å². The molecule has 0 radical (unpaired) electrons. The molecule has 7 nitrogen and oxygen atoms in total.